The van der Waals surface area contributed by atoms with Crippen molar-refractivity contribution in [2.75, 3.05) is 25.6 Å². The molecule has 3 aromatic carbocycles. The van der Waals surface area contributed by atoms with Crippen molar-refractivity contribution in [3.63, 3.8) is 0 Å². The highest BCUT2D eigenvalue weighted by molar-refractivity contribution is 5.92. The molecule has 1 unspecified atom stereocenters. The summed E-state index contributed by atoms with van der Waals surface area (Å²) >= 11 is 0. The van der Waals surface area contributed by atoms with Crippen LogP contribution in [0.15, 0.2) is 97.3 Å². The molecule has 8 nitrogen and oxygen atoms in total. The average Bonchev–Trinajstić information content (AvgIpc) is 3.16. The lowest BCUT2D eigenvalue weighted by Crippen LogP contribution is -2.42. The fourth-order valence-electron chi connectivity index (χ4n) is 5.78. The van der Waals surface area contributed by atoms with Crippen LogP contribution in [-0.2, 0) is 0 Å². The molecule has 1 heterocycles. The van der Waals surface area contributed by atoms with Gasteiger partial charge in [-0.15, -0.1) is 0 Å². The number of benzene rings is 3. The lowest BCUT2D eigenvalue weighted by Gasteiger charge is -2.16. The highest BCUT2D eigenvalue weighted by Crippen LogP contribution is 2.24. The van der Waals surface area contributed by atoms with Crippen molar-refractivity contribution in [2.24, 2.45) is 0 Å². The topological polar surface area (TPSA) is 78.2 Å². The Morgan fingerprint density at radius 3 is 1.50 bits per heavy atom. The van der Waals surface area contributed by atoms with Gasteiger partial charge in [-0.3, -0.25) is 0 Å². The van der Waals surface area contributed by atoms with E-state index in [2.05, 4.69) is 47.8 Å². The summed E-state index contributed by atoms with van der Waals surface area (Å²) in [5.41, 5.74) is 1.95. The Kier molecular flexibility index (Phi) is 17.0. The van der Waals surface area contributed by atoms with Crippen LogP contribution in [0.3, 0.4) is 0 Å². The van der Waals surface area contributed by atoms with Crippen LogP contribution < -0.4 is 28.4 Å². The van der Waals surface area contributed by atoms with Gasteiger partial charge in [0.05, 0.1) is 17.7 Å². The number of esters is 2. The summed E-state index contributed by atoms with van der Waals surface area (Å²) in [6.45, 7) is 5.11. The van der Waals surface area contributed by atoms with Gasteiger partial charge in [0, 0.05) is 38.3 Å². The van der Waals surface area contributed by atoms with E-state index in [1.807, 2.05) is 14.1 Å². The quantitative estimate of drug-likeness (QED) is 0.0328. The van der Waals surface area contributed by atoms with Crippen molar-refractivity contribution in [3.8, 4) is 23.0 Å². The zero-order valence-corrected chi connectivity index (χ0v) is 31.6. The first-order valence-electron chi connectivity index (χ1n) is 19.1. The summed E-state index contributed by atoms with van der Waals surface area (Å²) in [5.74, 6) is 1.13. The fourth-order valence-corrected chi connectivity index (χ4v) is 5.78. The van der Waals surface area contributed by atoms with E-state index in [1.165, 1.54) is 57.8 Å². The van der Waals surface area contributed by atoms with Crippen LogP contribution in [0.4, 0.5) is 5.69 Å². The zero-order valence-electron chi connectivity index (χ0n) is 31.6. The third-order valence-electron chi connectivity index (χ3n) is 8.95. The fraction of sp³-hybridized carbons (Fsp3) is 0.432. The van der Waals surface area contributed by atoms with E-state index in [4.69, 9.17) is 18.9 Å². The molecular formula is C44H57N2O6+. The maximum absolute atomic E-state index is 13.0. The van der Waals surface area contributed by atoms with Gasteiger partial charge in [-0.1, -0.05) is 78.1 Å². The van der Waals surface area contributed by atoms with Crippen LogP contribution in [0.25, 0.3) is 0 Å². The normalized spacial score (nSPS) is 11.5. The van der Waals surface area contributed by atoms with Crippen LogP contribution in [-0.4, -0.2) is 32.6 Å². The molecule has 0 saturated carbocycles. The van der Waals surface area contributed by atoms with Gasteiger partial charge in [0.2, 0.25) is 0 Å². The molecule has 0 aliphatic heterocycles. The SMILES string of the molecule is CCCCCCCCOc1ccc(C(=O)Oc2ccc(OC(=O)c3ccc(OC(CCCCCCCC)[n+]4ccc(N(C)C)cc4)cc3)cc2)cc1. The standard InChI is InChI=1S/C44H57N2O6/c1-5-7-9-11-13-15-17-42(46-32-30-37(31-33-46)45(3)4)50-39-24-20-36(21-25-39)44(48)52-41-28-26-40(27-29-41)51-43(47)35-18-22-38(23-19-35)49-34-16-14-12-10-8-6-2/h18-33,42H,5-17,34H2,1-4H3/q+1. The summed E-state index contributed by atoms with van der Waals surface area (Å²) in [6.07, 6.45) is 19.3. The molecule has 0 bridgehead atoms. The summed E-state index contributed by atoms with van der Waals surface area (Å²) < 4.78 is 25.5. The number of aromatic nitrogens is 1. The first kappa shape index (κ1) is 39.9. The Morgan fingerprint density at radius 1 is 0.558 bits per heavy atom. The molecule has 0 spiro atoms. The number of rotatable bonds is 23. The van der Waals surface area contributed by atoms with Crippen molar-refractivity contribution in [3.05, 3.63) is 108 Å². The molecule has 0 amide bonds. The Hall–Kier alpha value is -4.85. The van der Waals surface area contributed by atoms with E-state index in [9.17, 15) is 9.59 Å². The number of anilines is 1. The largest absolute Gasteiger partial charge is 0.494 e. The van der Waals surface area contributed by atoms with Gasteiger partial charge in [-0.05, 0) is 85.6 Å². The van der Waals surface area contributed by atoms with Gasteiger partial charge in [0.15, 0.2) is 12.4 Å². The van der Waals surface area contributed by atoms with Crippen molar-refractivity contribution in [1.82, 2.24) is 0 Å². The molecule has 0 aliphatic rings. The number of ether oxygens (including phenoxy) is 4. The number of carbonyl (C=O) groups is 2. The summed E-state index contributed by atoms with van der Waals surface area (Å²) in [6, 6.07) is 24.5. The van der Waals surface area contributed by atoms with Gasteiger partial charge >= 0.3 is 18.2 Å². The second kappa shape index (κ2) is 22.2. The van der Waals surface area contributed by atoms with Gasteiger partial charge in [-0.2, -0.15) is 4.57 Å². The van der Waals surface area contributed by atoms with Crippen molar-refractivity contribution < 1.29 is 33.1 Å². The van der Waals surface area contributed by atoms with Crippen molar-refractivity contribution in [1.29, 1.82) is 0 Å². The van der Waals surface area contributed by atoms with E-state index >= 15 is 0 Å². The number of hydrogen-bond acceptors (Lipinski definition) is 7. The first-order chi connectivity index (χ1) is 25.4. The van der Waals surface area contributed by atoms with Crippen LogP contribution in [0.1, 0.15) is 124 Å². The smallest absolute Gasteiger partial charge is 0.343 e. The Labute approximate surface area is 310 Å². The summed E-state index contributed by atoms with van der Waals surface area (Å²) in [4.78, 5) is 27.7. The number of hydrogen-bond donors (Lipinski definition) is 0. The molecule has 0 aliphatic carbocycles. The van der Waals surface area contributed by atoms with Crippen molar-refractivity contribution in [2.45, 2.75) is 104 Å². The van der Waals surface area contributed by atoms with Crippen LogP contribution in [0.5, 0.6) is 23.0 Å². The number of pyridine rings is 1. The van der Waals surface area contributed by atoms with Crippen LogP contribution in [0, 0.1) is 0 Å². The number of nitrogens with zero attached hydrogens (tertiary/aromatic N) is 2. The number of unbranched alkanes of at least 4 members (excludes halogenated alkanes) is 10. The average molecular weight is 710 g/mol. The predicted molar refractivity (Wildman–Crippen MR) is 207 cm³/mol. The Balaban J connectivity index is 1.25. The molecule has 4 rings (SSSR count). The highest BCUT2D eigenvalue weighted by Gasteiger charge is 2.21. The minimum Gasteiger partial charge on any atom is -0.494 e. The first-order valence-corrected chi connectivity index (χ1v) is 19.1. The monoisotopic (exact) mass is 709 g/mol. The predicted octanol–water partition coefficient (Wildman–Crippen LogP) is 10.5. The molecule has 1 aromatic heterocycles. The van der Waals surface area contributed by atoms with E-state index in [1.54, 1.807) is 72.8 Å². The van der Waals surface area contributed by atoms with E-state index in [0.29, 0.717) is 35.0 Å². The van der Waals surface area contributed by atoms with E-state index < -0.39 is 11.9 Å². The molecule has 0 radical (unpaired) electrons. The minimum absolute atomic E-state index is 0.166. The van der Waals surface area contributed by atoms with Gasteiger partial charge in [0.25, 0.3) is 0 Å². The minimum atomic E-state index is -0.493. The Morgan fingerprint density at radius 2 is 1.00 bits per heavy atom. The maximum atomic E-state index is 13.0. The third kappa shape index (κ3) is 13.7. The van der Waals surface area contributed by atoms with Crippen molar-refractivity contribution >= 4 is 17.6 Å². The lowest BCUT2D eigenvalue weighted by molar-refractivity contribution is -0.754. The van der Waals surface area contributed by atoms with Crippen LogP contribution >= 0.6 is 0 Å². The molecule has 0 saturated heterocycles. The second-order valence-electron chi connectivity index (χ2n) is 13.4. The van der Waals surface area contributed by atoms with E-state index in [0.717, 1.165) is 37.1 Å². The molecular weight excluding hydrogens is 652 g/mol. The molecule has 8 heteroatoms. The molecule has 4 aromatic rings. The molecule has 52 heavy (non-hydrogen) atoms. The molecule has 1 atom stereocenters. The highest BCUT2D eigenvalue weighted by atomic mass is 16.5. The summed E-state index contributed by atoms with van der Waals surface area (Å²) in [7, 11) is 4.05. The molecule has 278 valence electrons. The lowest BCUT2D eigenvalue weighted by atomic mass is 10.1. The maximum Gasteiger partial charge on any atom is 0.343 e. The van der Waals surface area contributed by atoms with Crippen LogP contribution in [0.2, 0.25) is 0 Å². The summed E-state index contributed by atoms with van der Waals surface area (Å²) in [5, 5.41) is 0. The van der Waals surface area contributed by atoms with Gasteiger partial charge < -0.3 is 23.8 Å². The molecule has 0 fully saturated rings. The Bertz CT molecular complexity index is 1600. The second-order valence-corrected chi connectivity index (χ2v) is 13.4. The number of carbonyl (C=O) groups excluding carboxylic acids is 2. The van der Waals surface area contributed by atoms with E-state index in [-0.39, 0.29) is 6.23 Å². The van der Waals surface area contributed by atoms with Gasteiger partial charge in [0.1, 0.15) is 23.0 Å². The molecule has 0 N–H and O–H groups in total. The van der Waals surface area contributed by atoms with Gasteiger partial charge in [-0.25, -0.2) is 9.59 Å². The third-order valence-corrected chi connectivity index (χ3v) is 8.95. The zero-order chi connectivity index (χ0) is 37.0.